The summed E-state index contributed by atoms with van der Waals surface area (Å²) < 4.78 is 0. The van der Waals surface area contributed by atoms with Crippen LogP contribution in [0.25, 0.3) is 0 Å². The van der Waals surface area contributed by atoms with Crippen molar-refractivity contribution >= 4 is 11.7 Å². The van der Waals surface area contributed by atoms with Crippen LogP contribution in [0.5, 0.6) is 0 Å². The molecule has 0 aliphatic heterocycles. The fourth-order valence-electron chi connectivity index (χ4n) is 6.70. The molecule has 5 heteroatoms. The van der Waals surface area contributed by atoms with Gasteiger partial charge in [0.15, 0.2) is 5.78 Å². The lowest BCUT2D eigenvalue weighted by molar-refractivity contribution is -0.137. The Kier molecular flexibility index (Phi) is 33.2. The van der Waals surface area contributed by atoms with Gasteiger partial charge >= 0.3 is 0 Å². The van der Waals surface area contributed by atoms with Crippen LogP contribution in [0, 0.1) is 0 Å². The summed E-state index contributed by atoms with van der Waals surface area (Å²) in [6, 6.07) is 0. The normalized spacial score (nSPS) is 13.5. The first-order valence-electron chi connectivity index (χ1n) is 20.6. The third kappa shape index (κ3) is 26.1. The number of rotatable bonds is 37. The minimum atomic E-state index is -1.36. The zero-order valence-electron chi connectivity index (χ0n) is 31.3. The molecule has 0 spiro atoms. The van der Waals surface area contributed by atoms with Crippen molar-refractivity contribution in [3.05, 3.63) is 0 Å². The minimum absolute atomic E-state index is 0.176. The number of nitrogens with one attached hydrogen (secondary N) is 1. The van der Waals surface area contributed by atoms with Gasteiger partial charge in [-0.15, -0.1) is 0 Å². The highest BCUT2D eigenvalue weighted by Gasteiger charge is 2.40. The van der Waals surface area contributed by atoms with Crippen LogP contribution in [0.3, 0.4) is 0 Å². The smallest absolute Gasteiger partial charge is 0.220 e. The van der Waals surface area contributed by atoms with Gasteiger partial charge in [-0.05, 0) is 19.3 Å². The summed E-state index contributed by atoms with van der Waals surface area (Å²) in [5.74, 6) is -0.442. The Morgan fingerprint density at radius 2 is 0.761 bits per heavy atom. The Bertz CT molecular complexity index is 663. The molecular weight excluding hydrogens is 570 g/mol. The van der Waals surface area contributed by atoms with E-state index in [0.717, 1.165) is 38.5 Å². The molecular formula is C41H81NO4. The zero-order valence-corrected chi connectivity index (χ0v) is 31.3. The molecule has 46 heavy (non-hydrogen) atoms. The number of carbonyl (C=O) groups excluding carboxylic acids is 2. The van der Waals surface area contributed by atoms with Gasteiger partial charge in [-0.25, -0.2) is 0 Å². The van der Waals surface area contributed by atoms with E-state index in [1.165, 1.54) is 154 Å². The average Bonchev–Trinajstić information content (AvgIpc) is 3.06. The van der Waals surface area contributed by atoms with Crippen LogP contribution < -0.4 is 5.32 Å². The molecule has 0 aromatic carbocycles. The predicted octanol–water partition coefficient (Wildman–Crippen LogP) is 11.7. The van der Waals surface area contributed by atoms with Crippen molar-refractivity contribution in [1.82, 2.24) is 5.32 Å². The summed E-state index contributed by atoms with van der Waals surface area (Å²) in [5.41, 5.74) is -1.28. The Hall–Kier alpha value is -0.940. The van der Waals surface area contributed by atoms with Gasteiger partial charge in [-0.2, -0.15) is 0 Å². The van der Waals surface area contributed by atoms with Crippen molar-refractivity contribution in [1.29, 1.82) is 0 Å². The quantitative estimate of drug-likeness (QED) is 0.0583. The van der Waals surface area contributed by atoms with Gasteiger partial charge in [0, 0.05) is 12.8 Å². The molecule has 0 aliphatic carbocycles. The number of Topliss-reactive ketones (excluding diaryl/α,β-unsaturated/α-hetero) is 1. The van der Waals surface area contributed by atoms with Crippen LogP contribution in [-0.2, 0) is 9.59 Å². The largest absolute Gasteiger partial charge is 0.394 e. The summed E-state index contributed by atoms with van der Waals surface area (Å²) >= 11 is 0. The summed E-state index contributed by atoms with van der Waals surface area (Å²) in [6.45, 7) is 5.92. The van der Waals surface area contributed by atoms with Crippen molar-refractivity contribution in [3.63, 3.8) is 0 Å². The number of hydrogen-bond donors (Lipinski definition) is 3. The Balaban J connectivity index is 3.90. The molecule has 0 heterocycles. The zero-order chi connectivity index (χ0) is 34.0. The van der Waals surface area contributed by atoms with Gasteiger partial charge in [-0.3, -0.25) is 9.59 Å². The Morgan fingerprint density at radius 3 is 1.04 bits per heavy atom. The molecule has 3 N–H and O–H groups in total. The standard InChI is InChI=1S/C41H81NO4/c1-4-7-9-11-13-15-17-19-21-23-25-27-29-31-33-35-38(44)40(46)41(6-3,37-43)42-39(45)36-34-32-30-28-26-24-22-20-18-16-14-12-10-8-5-2/h40,43,46H,4-37H2,1-3H3,(H,42,45). The topological polar surface area (TPSA) is 86.6 Å². The molecule has 5 nitrogen and oxygen atoms in total. The van der Waals surface area contributed by atoms with Crippen LogP contribution in [0.4, 0.5) is 0 Å². The first-order valence-corrected chi connectivity index (χ1v) is 20.6. The third-order valence-electron chi connectivity index (χ3n) is 10.2. The van der Waals surface area contributed by atoms with E-state index in [9.17, 15) is 19.8 Å². The molecule has 0 fully saturated rings. The lowest BCUT2D eigenvalue weighted by Crippen LogP contribution is -2.61. The highest BCUT2D eigenvalue weighted by molar-refractivity contribution is 5.86. The molecule has 2 unspecified atom stereocenters. The summed E-state index contributed by atoms with van der Waals surface area (Å²) in [5, 5.41) is 23.9. The Labute approximate surface area is 287 Å². The van der Waals surface area contributed by atoms with E-state index < -0.39 is 18.2 Å². The fraction of sp³-hybridized carbons (Fsp3) is 0.951. The maximum atomic E-state index is 12.8. The second kappa shape index (κ2) is 33.9. The molecule has 274 valence electrons. The van der Waals surface area contributed by atoms with Gasteiger partial charge in [0.1, 0.15) is 6.10 Å². The molecule has 0 aliphatic rings. The third-order valence-corrected chi connectivity index (χ3v) is 10.2. The predicted molar refractivity (Wildman–Crippen MR) is 198 cm³/mol. The van der Waals surface area contributed by atoms with E-state index >= 15 is 0 Å². The van der Waals surface area contributed by atoms with Gasteiger partial charge in [-0.1, -0.05) is 201 Å². The number of unbranched alkanes of at least 4 members (excludes halogenated alkanes) is 28. The van der Waals surface area contributed by atoms with Crippen LogP contribution in [-0.4, -0.2) is 40.2 Å². The first kappa shape index (κ1) is 45.1. The van der Waals surface area contributed by atoms with E-state index in [4.69, 9.17) is 0 Å². The number of carbonyl (C=O) groups is 2. The molecule has 1 amide bonds. The van der Waals surface area contributed by atoms with E-state index in [1.54, 1.807) is 0 Å². The number of amides is 1. The van der Waals surface area contributed by atoms with E-state index in [1.807, 2.05) is 6.92 Å². The molecule has 0 bridgehead atoms. The number of hydrogen-bond acceptors (Lipinski definition) is 4. The van der Waals surface area contributed by atoms with Gasteiger partial charge < -0.3 is 15.5 Å². The highest BCUT2D eigenvalue weighted by Crippen LogP contribution is 2.21. The van der Waals surface area contributed by atoms with Crippen molar-refractivity contribution in [3.8, 4) is 0 Å². The number of aliphatic hydroxyl groups excluding tert-OH is 2. The summed E-state index contributed by atoms with van der Waals surface area (Å²) in [7, 11) is 0. The van der Waals surface area contributed by atoms with Crippen LogP contribution in [0.1, 0.15) is 233 Å². The summed E-state index contributed by atoms with van der Waals surface area (Å²) in [4.78, 5) is 25.5. The first-order chi connectivity index (χ1) is 22.5. The second-order valence-corrected chi connectivity index (χ2v) is 14.5. The second-order valence-electron chi connectivity index (χ2n) is 14.5. The molecule has 2 atom stereocenters. The lowest BCUT2D eigenvalue weighted by Gasteiger charge is -2.35. The molecule has 0 rings (SSSR count). The highest BCUT2D eigenvalue weighted by atomic mass is 16.3. The maximum Gasteiger partial charge on any atom is 0.220 e. The van der Waals surface area contributed by atoms with Crippen molar-refractivity contribution < 1.29 is 19.8 Å². The molecule has 0 aromatic rings. The van der Waals surface area contributed by atoms with Crippen molar-refractivity contribution in [2.75, 3.05) is 6.61 Å². The van der Waals surface area contributed by atoms with Crippen molar-refractivity contribution in [2.24, 2.45) is 0 Å². The van der Waals surface area contributed by atoms with Gasteiger partial charge in [0.2, 0.25) is 5.91 Å². The number of ketones is 1. The van der Waals surface area contributed by atoms with Crippen molar-refractivity contribution in [2.45, 2.75) is 244 Å². The fourth-order valence-corrected chi connectivity index (χ4v) is 6.70. The van der Waals surface area contributed by atoms with E-state index in [0.29, 0.717) is 19.3 Å². The van der Waals surface area contributed by atoms with Gasteiger partial charge in [0.25, 0.3) is 0 Å². The van der Waals surface area contributed by atoms with Crippen LogP contribution in [0.2, 0.25) is 0 Å². The molecule has 0 saturated carbocycles. The van der Waals surface area contributed by atoms with Crippen LogP contribution >= 0.6 is 0 Å². The van der Waals surface area contributed by atoms with Gasteiger partial charge in [0.05, 0.1) is 12.1 Å². The lowest BCUT2D eigenvalue weighted by atomic mass is 9.85. The van der Waals surface area contributed by atoms with Crippen LogP contribution in [0.15, 0.2) is 0 Å². The molecule has 0 radical (unpaired) electrons. The number of aliphatic hydroxyl groups is 2. The SMILES string of the molecule is CCCCCCCCCCCCCCCCCC(=O)NC(CC)(CO)C(O)C(=O)CCCCCCCCCCCCCCCCC. The summed E-state index contributed by atoms with van der Waals surface area (Å²) in [6.07, 6.45) is 37.8. The average molecular weight is 652 g/mol. The monoisotopic (exact) mass is 652 g/mol. The maximum absolute atomic E-state index is 12.8. The minimum Gasteiger partial charge on any atom is -0.394 e. The Morgan fingerprint density at radius 1 is 0.478 bits per heavy atom. The van der Waals surface area contributed by atoms with E-state index in [-0.39, 0.29) is 11.7 Å². The van der Waals surface area contributed by atoms with E-state index in [2.05, 4.69) is 19.2 Å². The molecule has 0 aromatic heterocycles. The molecule has 0 saturated heterocycles.